The van der Waals surface area contributed by atoms with Gasteiger partial charge in [-0.05, 0) is 37.8 Å². The van der Waals surface area contributed by atoms with Gasteiger partial charge in [-0.15, -0.1) is 6.58 Å². The number of allylic oxidation sites excluding steroid dienone is 1. The van der Waals surface area contributed by atoms with E-state index in [2.05, 4.69) is 23.1 Å². The van der Waals surface area contributed by atoms with Crippen LogP contribution in [0, 0.1) is 0 Å². The van der Waals surface area contributed by atoms with E-state index in [1.807, 2.05) is 19.2 Å². The number of aromatic nitrogens is 1. The molecular weight excluding hydrogens is 186 g/mol. The van der Waals surface area contributed by atoms with Crippen molar-refractivity contribution in [1.29, 1.82) is 0 Å². The van der Waals surface area contributed by atoms with Crippen molar-refractivity contribution in [3.8, 4) is 0 Å². The molecule has 0 aromatic carbocycles. The third-order valence-corrected chi connectivity index (χ3v) is 2.36. The van der Waals surface area contributed by atoms with Crippen LogP contribution in [-0.2, 0) is 6.42 Å². The summed E-state index contributed by atoms with van der Waals surface area (Å²) in [5.41, 5.74) is 5.24. The molecule has 0 saturated carbocycles. The largest absolute Gasteiger partial charge is 0.271 e. The van der Waals surface area contributed by atoms with Gasteiger partial charge in [-0.2, -0.15) is 0 Å². The highest BCUT2D eigenvalue weighted by Gasteiger charge is 2.07. The quantitative estimate of drug-likeness (QED) is 0.423. The molecule has 3 nitrogen and oxygen atoms in total. The number of hydrogen-bond acceptors (Lipinski definition) is 3. The summed E-state index contributed by atoms with van der Waals surface area (Å²) in [6.07, 6.45) is 6.60. The van der Waals surface area contributed by atoms with Crippen molar-refractivity contribution in [2.24, 2.45) is 5.84 Å². The lowest BCUT2D eigenvalue weighted by atomic mass is 10.0. The topological polar surface area (TPSA) is 50.9 Å². The van der Waals surface area contributed by atoms with Crippen LogP contribution in [0.25, 0.3) is 0 Å². The monoisotopic (exact) mass is 205 g/mol. The van der Waals surface area contributed by atoms with Crippen LogP contribution in [0.2, 0.25) is 0 Å². The average molecular weight is 205 g/mol. The Hall–Kier alpha value is -1.19. The molecule has 1 unspecified atom stereocenters. The minimum atomic E-state index is 0.297. The lowest BCUT2D eigenvalue weighted by Gasteiger charge is -2.15. The summed E-state index contributed by atoms with van der Waals surface area (Å²) in [4.78, 5) is 4.08. The summed E-state index contributed by atoms with van der Waals surface area (Å²) >= 11 is 0. The highest BCUT2D eigenvalue weighted by atomic mass is 15.2. The second-order valence-corrected chi connectivity index (χ2v) is 3.92. The number of nitrogens with two attached hydrogens (primary N) is 1. The summed E-state index contributed by atoms with van der Waals surface area (Å²) < 4.78 is 0. The molecule has 0 aliphatic rings. The van der Waals surface area contributed by atoms with Gasteiger partial charge < -0.3 is 0 Å². The van der Waals surface area contributed by atoms with Crippen molar-refractivity contribution in [1.82, 2.24) is 10.4 Å². The van der Waals surface area contributed by atoms with E-state index in [4.69, 9.17) is 5.84 Å². The van der Waals surface area contributed by atoms with Crippen molar-refractivity contribution in [2.75, 3.05) is 0 Å². The summed E-state index contributed by atoms with van der Waals surface area (Å²) in [7, 11) is 0. The predicted octanol–water partition coefficient (Wildman–Crippen LogP) is 1.81. The van der Waals surface area contributed by atoms with Gasteiger partial charge in [0.15, 0.2) is 0 Å². The second-order valence-electron chi connectivity index (χ2n) is 3.92. The Labute approximate surface area is 91.4 Å². The minimum absolute atomic E-state index is 0.297. The van der Waals surface area contributed by atoms with E-state index >= 15 is 0 Å². The van der Waals surface area contributed by atoms with Crippen LogP contribution in [0.15, 0.2) is 36.7 Å². The third-order valence-electron chi connectivity index (χ3n) is 2.36. The smallest absolute Gasteiger partial charge is 0.0300 e. The number of hydrogen-bond donors (Lipinski definition) is 2. The maximum Gasteiger partial charge on any atom is 0.0300 e. The van der Waals surface area contributed by atoms with E-state index in [-0.39, 0.29) is 0 Å². The van der Waals surface area contributed by atoms with Crippen LogP contribution in [0.5, 0.6) is 0 Å². The standard InChI is InChI=1S/C12H19N3/c1-10(2)5-6-12(15-13)8-11-4-3-7-14-9-11/h3-4,7,9,12,15H,1,5-6,8,13H2,2H3. The SMILES string of the molecule is C=C(C)CCC(Cc1cccnc1)NN. The first-order valence-corrected chi connectivity index (χ1v) is 5.21. The first-order chi connectivity index (χ1) is 7.22. The number of nitrogens with zero attached hydrogens (tertiary/aromatic N) is 1. The zero-order chi connectivity index (χ0) is 11.1. The van der Waals surface area contributed by atoms with Gasteiger partial charge in [0.1, 0.15) is 0 Å². The Morgan fingerprint density at radius 1 is 1.67 bits per heavy atom. The lowest BCUT2D eigenvalue weighted by Crippen LogP contribution is -2.36. The Bertz CT molecular complexity index is 295. The first-order valence-electron chi connectivity index (χ1n) is 5.21. The molecule has 0 aliphatic carbocycles. The Balaban J connectivity index is 2.43. The van der Waals surface area contributed by atoms with Crippen molar-refractivity contribution < 1.29 is 0 Å². The van der Waals surface area contributed by atoms with Gasteiger partial charge in [0, 0.05) is 18.4 Å². The molecular formula is C12H19N3. The van der Waals surface area contributed by atoms with Crippen LogP contribution in [-0.4, -0.2) is 11.0 Å². The molecule has 1 aromatic rings. The molecule has 0 aliphatic heterocycles. The van der Waals surface area contributed by atoms with E-state index < -0.39 is 0 Å². The Morgan fingerprint density at radius 3 is 3.00 bits per heavy atom. The molecule has 1 rings (SSSR count). The average Bonchev–Trinajstić information content (AvgIpc) is 2.25. The number of hydrazine groups is 1. The van der Waals surface area contributed by atoms with Crippen molar-refractivity contribution in [3.05, 3.63) is 42.2 Å². The minimum Gasteiger partial charge on any atom is -0.271 e. The molecule has 0 bridgehead atoms. The third kappa shape index (κ3) is 4.72. The number of rotatable bonds is 6. The van der Waals surface area contributed by atoms with Gasteiger partial charge in [-0.3, -0.25) is 16.3 Å². The second kappa shape index (κ2) is 6.32. The fourth-order valence-electron chi connectivity index (χ4n) is 1.47. The molecule has 15 heavy (non-hydrogen) atoms. The van der Waals surface area contributed by atoms with Crippen molar-refractivity contribution in [3.63, 3.8) is 0 Å². The summed E-state index contributed by atoms with van der Waals surface area (Å²) in [5, 5.41) is 0. The molecule has 1 aromatic heterocycles. The van der Waals surface area contributed by atoms with E-state index in [1.165, 1.54) is 11.1 Å². The van der Waals surface area contributed by atoms with Gasteiger partial charge in [0.2, 0.25) is 0 Å². The Morgan fingerprint density at radius 2 is 2.47 bits per heavy atom. The van der Waals surface area contributed by atoms with Gasteiger partial charge in [-0.1, -0.05) is 11.6 Å². The maximum absolute atomic E-state index is 5.51. The molecule has 1 heterocycles. The molecule has 0 fully saturated rings. The molecule has 3 heteroatoms. The van der Waals surface area contributed by atoms with Crippen molar-refractivity contribution >= 4 is 0 Å². The fraction of sp³-hybridized carbons (Fsp3) is 0.417. The zero-order valence-corrected chi connectivity index (χ0v) is 9.24. The van der Waals surface area contributed by atoms with Gasteiger partial charge in [0.05, 0.1) is 0 Å². The summed E-state index contributed by atoms with van der Waals surface area (Å²) in [6, 6.07) is 4.31. The molecule has 82 valence electrons. The van der Waals surface area contributed by atoms with Crippen LogP contribution >= 0.6 is 0 Å². The van der Waals surface area contributed by atoms with Crippen LogP contribution in [0.1, 0.15) is 25.3 Å². The predicted molar refractivity (Wildman–Crippen MR) is 63.1 cm³/mol. The molecule has 0 spiro atoms. The summed E-state index contributed by atoms with van der Waals surface area (Å²) in [6.45, 7) is 5.93. The lowest BCUT2D eigenvalue weighted by molar-refractivity contribution is 0.490. The van der Waals surface area contributed by atoms with Crippen LogP contribution < -0.4 is 11.3 Å². The van der Waals surface area contributed by atoms with E-state index in [1.54, 1.807) is 6.20 Å². The Kier molecular flexibility index (Phi) is 5.01. The highest BCUT2D eigenvalue weighted by molar-refractivity contribution is 5.10. The first kappa shape index (κ1) is 11.9. The van der Waals surface area contributed by atoms with Gasteiger partial charge in [0.25, 0.3) is 0 Å². The molecule has 0 radical (unpaired) electrons. The summed E-state index contributed by atoms with van der Waals surface area (Å²) in [5.74, 6) is 5.51. The number of nitrogens with one attached hydrogen (secondary N) is 1. The fourth-order valence-corrected chi connectivity index (χ4v) is 1.47. The molecule has 1 atom stereocenters. The van der Waals surface area contributed by atoms with Gasteiger partial charge in [-0.25, -0.2) is 0 Å². The molecule has 3 N–H and O–H groups in total. The highest BCUT2D eigenvalue weighted by Crippen LogP contribution is 2.09. The molecule has 0 amide bonds. The maximum atomic E-state index is 5.51. The van der Waals surface area contributed by atoms with Crippen LogP contribution in [0.3, 0.4) is 0 Å². The van der Waals surface area contributed by atoms with E-state index in [0.29, 0.717) is 6.04 Å². The van der Waals surface area contributed by atoms with Crippen molar-refractivity contribution in [2.45, 2.75) is 32.2 Å². The van der Waals surface area contributed by atoms with Crippen LogP contribution in [0.4, 0.5) is 0 Å². The van der Waals surface area contributed by atoms with E-state index in [9.17, 15) is 0 Å². The molecule has 0 saturated heterocycles. The van der Waals surface area contributed by atoms with Gasteiger partial charge >= 0.3 is 0 Å². The van der Waals surface area contributed by atoms with E-state index in [0.717, 1.165) is 19.3 Å². The zero-order valence-electron chi connectivity index (χ0n) is 9.24. The number of pyridine rings is 1. The normalized spacial score (nSPS) is 12.4.